The van der Waals surface area contributed by atoms with Crippen LogP contribution in [0.3, 0.4) is 0 Å². The molecule has 15 heavy (non-hydrogen) atoms. The van der Waals surface area contributed by atoms with Crippen molar-refractivity contribution in [2.45, 2.75) is 11.8 Å². The molecule has 0 aliphatic rings. The second kappa shape index (κ2) is 4.63. The van der Waals surface area contributed by atoms with E-state index in [2.05, 4.69) is 71.4 Å². The second-order valence-corrected chi connectivity index (χ2v) is 4.60. The Kier molecular flexibility index (Phi) is 3.22. The van der Waals surface area contributed by atoms with Crippen LogP contribution in [0, 0.1) is 6.92 Å². The van der Waals surface area contributed by atoms with Crippen LogP contribution in [0.2, 0.25) is 0 Å². The fourth-order valence-corrected chi connectivity index (χ4v) is 2.23. The first-order valence-electron chi connectivity index (χ1n) is 5.03. The van der Waals surface area contributed by atoms with Crippen molar-refractivity contribution in [1.29, 1.82) is 0 Å². The van der Waals surface area contributed by atoms with E-state index in [1.165, 1.54) is 16.7 Å². The number of alkyl halides is 1. The number of benzene rings is 2. The zero-order chi connectivity index (χ0) is 10.7. The standard InChI is InChI=1S/C14H13Br/c1-11-6-5-9-13(10-11)14(15)12-7-3-2-4-8-12/h2-10,14H,1H3/t14-/m1/s1. The van der Waals surface area contributed by atoms with E-state index in [0.717, 1.165) is 0 Å². The number of hydrogen-bond acceptors (Lipinski definition) is 0. The molecule has 1 atom stereocenters. The van der Waals surface area contributed by atoms with E-state index >= 15 is 0 Å². The predicted octanol–water partition coefficient (Wildman–Crippen LogP) is 4.48. The molecule has 0 radical (unpaired) electrons. The minimum absolute atomic E-state index is 0.290. The summed E-state index contributed by atoms with van der Waals surface area (Å²) in [7, 11) is 0. The topological polar surface area (TPSA) is 0 Å². The van der Waals surface area contributed by atoms with Crippen LogP contribution in [0.25, 0.3) is 0 Å². The molecule has 0 unspecified atom stereocenters. The molecule has 1 heteroatoms. The van der Waals surface area contributed by atoms with E-state index in [1.54, 1.807) is 0 Å². The molecule has 2 rings (SSSR count). The SMILES string of the molecule is Cc1cccc([C@H](Br)c2ccccc2)c1. The Balaban J connectivity index is 2.32. The molecule has 0 heterocycles. The van der Waals surface area contributed by atoms with Crippen LogP contribution >= 0.6 is 15.9 Å². The molecular weight excluding hydrogens is 248 g/mol. The highest BCUT2D eigenvalue weighted by molar-refractivity contribution is 9.09. The lowest BCUT2D eigenvalue weighted by Gasteiger charge is -2.10. The Morgan fingerprint density at radius 3 is 2.20 bits per heavy atom. The third-order valence-electron chi connectivity index (χ3n) is 2.43. The Bertz CT molecular complexity index is 434. The van der Waals surface area contributed by atoms with Gasteiger partial charge in [-0.3, -0.25) is 0 Å². The molecule has 0 saturated heterocycles. The van der Waals surface area contributed by atoms with Gasteiger partial charge in [-0.15, -0.1) is 0 Å². The van der Waals surface area contributed by atoms with E-state index in [0.29, 0.717) is 4.83 Å². The summed E-state index contributed by atoms with van der Waals surface area (Å²) >= 11 is 3.73. The van der Waals surface area contributed by atoms with Gasteiger partial charge in [0.1, 0.15) is 0 Å². The molecule has 0 bridgehead atoms. The average molecular weight is 261 g/mol. The lowest BCUT2D eigenvalue weighted by atomic mass is 10.0. The van der Waals surface area contributed by atoms with Crippen molar-refractivity contribution in [3.63, 3.8) is 0 Å². The van der Waals surface area contributed by atoms with Gasteiger partial charge in [0, 0.05) is 0 Å². The maximum Gasteiger partial charge on any atom is 0.0644 e. The molecule has 0 N–H and O–H groups in total. The van der Waals surface area contributed by atoms with Crippen LogP contribution in [0.15, 0.2) is 54.6 Å². The van der Waals surface area contributed by atoms with Crippen molar-refractivity contribution in [2.24, 2.45) is 0 Å². The maximum atomic E-state index is 3.73. The number of hydrogen-bond donors (Lipinski definition) is 0. The zero-order valence-electron chi connectivity index (χ0n) is 8.65. The third kappa shape index (κ3) is 2.48. The normalized spacial score (nSPS) is 12.4. The van der Waals surface area contributed by atoms with Crippen molar-refractivity contribution in [3.8, 4) is 0 Å². The molecule has 2 aromatic carbocycles. The van der Waals surface area contributed by atoms with Gasteiger partial charge >= 0.3 is 0 Å². The third-order valence-corrected chi connectivity index (χ3v) is 3.48. The first-order chi connectivity index (χ1) is 7.27. The van der Waals surface area contributed by atoms with Crippen molar-refractivity contribution in [3.05, 3.63) is 71.3 Å². The molecular formula is C14H13Br. The van der Waals surface area contributed by atoms with Crippen LogP contribution < -0.4 is 0 Å². The van der Waals surface area contributed by atoms with Gasteiger partial charge in [-0.25, -0.2) is 0 Å². The van der Waals surface area contributed by atoms with Gasteiger partial charge in [-0.05, 0) is 18.1 Å². The van der Waals surface area contributed by atoms with Gasteiger partial charge in [0.25, 0.3) is 0 Å². The molecule has 0 aliphatic carbocycles. The van der Waals surface area contributed by atoms with Crippen LogP contribution in [-0.2, 0) is 0 Å². The number of rotatable bonds is 2. The average Bonchev–Trinajstić information content (AvgIpc) is 2.29. The van der Waals surface area contributed by atoms with Crippen LogP contribution in [0.4, 0.5) is 0 Å². The smallest absolute Gasteiger partial charge is 0.0644 e. The summed E-state index contributed by atoms with van der Waals surface area (Å²) in [5.41, 5.74) is 3.90. The lowest BCUT2D eigenvalue weighted by molar-refractivity contribution is 1.17. The molecule has 2 aromatic rings. The maximum absolute atomic E-state index is 3.73. The van der Waals surface area contributed by atoms with Gasteiger partial charge < -0.3 is 0 Å². The Labute approximate surface area is 99.1 Å². The summed E-state index contributed by atoms with van der Waals surface area (Å²) in [6.45, 7) is 2.12. The van der Waals surface area contributed by atoms with E-state index in [9.17, 15) is 0 Å². The highest BCUT2D eigenvalue weighted by atomic mass is 79.9. The molecule has 0 amide bonds. The van der Waals surface area contributed by atoms with Gasteiger partial charge in [0.2, 0.25) is 0 Å². The van der Waals surface area contributed by atoms with Crippen LogP contribution in [0.5, 0.6) is 0 Å². The van der Waals surface area contributed by atoms with Crippen molar-refractivity contribution < 1.29 is 0 Å². The van der Waals surface area contributed by atoms with Crippen LogP contribution in [0.1, 0.15) is 21.5 Å². The Morgan fingerprint density at radius 2 is 1.53 bits per heavy atom. The van der Waals surface area contributed by atoms with E-state index < -0.39 is 0 Å². The Morgan fingerprint density at radius 1 is 0.867 bits per heavy atom. The highest BCUT2D eigenvalue weighted by Crippen LogP contribution is 2.30. The molecule has 0 spiro atoms. The second-order valence-electron chi connectivity index (χ2n) is 3.69. The fraction of sp³-hybridized carbons (Fsp3) is 0.143. The monoisotopic (exact) mass is 260 g/mol. The summed E-state index contributed by atoms with van der Waals surface area (Å²) in [6.07, 6.45) is 0. The minimum atomic E-state index is 0.290. The van der Waals surface area contributed by atoms with E-state index in [4.69, 9.17) is 0 Å². The van der Waals surface area contributed by atoms with Crippen molar-refractivity contribution in [1.82, 2.24) is 0 Å². The quantitative estimate of drug-likeness (QED) is 0.699. The van der Waals surface area contributed by atoms with E-state index in [-0.39, 0.29) is 0 Å². The van der Waals surface area contributed by atoms with Crippen molar-refractivity contribution >= 4 is 15.9 Å². The molecule has 0 nitrogen and oxygen atoms in total. The summed E-state index contributed by atoms with van der Waals surface area (Å²) in [6, 6.07) is 19.0. The van der Waals surface area contributed by atoms with E-state index in [1.807, 2.05) is 6.07 Å². The summed E-state index contributed by atoms with van der Waals surface area (Å²) < 4.78 is 0. The number of aryl methyl sites for hydroxylation is 1. The van der Waals surface area contributed by atoms with Gasteiger partial charge in [-0.1, -0.05) is 76.1 Å². The number of halogens is 1. The van der Waals surface area contributed by atoms with Gasteiger partial charge in [0.15, 0.2) is 0 Å². The highest BCUT2D eigenvalue weighted by Gasteiger charge is 2.08. The van der Waals surface area contributed by atoms with Gasteiger partial charge in [0.05, 0.1) is 4.83 Å². The predicted molar refractivity (Wildman–Crippen MR) is 68.4 cm³/mol. The minimum Gasteiger partial charge on any atom is -0.0786 e. The molecule has 0 aliphatic heterocycles. The fourth-order valence-electron chi connectivity index (χ4n) is 1.64. The van der Waals surface area contributed by atoms with Crippen LogP contribution in [-0.4, -0.2) is 0 Å². The molecule has 0 saturated carbocycles. The van der Waals surface area contributed by atoms with Gasteiger partial charge in [-0.2, -0.15) is 0 Å². The summed E-state index contributed by atoms with van der Waals surface area (Å²) in [5.74, 6) is 0. The largest absolute Gasteiger partial charge is 0.0786 e. The lowest BCUT2D eigenvalue weighted by Crippen LogP contribution is -1.92. The summed E-state index contributed by atoms with van der Waals surface area (Å²) in [4.78, 5) is 0.290. The molecule has 0 aromatic heterocycles. The first kappa shape index (κ1) is 10.4. The molecule has 76 valence electrons. The molecule has 0 fully saturated rings. The summed E-state index contributed by atoms with van der Waals surface area (Å²) in [5, 5.41) is 0. The Hall–Kier alpha value is -1.08. The van der Waals surface area contributed by atoms with Crippen molar-refractivity contribution in [2.75, 3.05) is 0 Å². The first-order valence-corrected chi connectivity index (χ1v) is 5.94. The zero-order valence-corrected chi connectivity index (χ0v) is 10.2.